The number of halogens is 4. The quantitative estimate of drug-likeness (QED) is 0.635. The first-order valence-corrected chi connectivity index (χ1v) is 4.07. The molecule has 0 amide bonds. The first kappa shape index (κ1) is 12.2. The van der Waals surface area contributed by atoms with E-state index in [9.17, 15) is 13.2 Å². The highest BCUT2D eigenvalue weighted by atomic mass is 35.5. The fourth-order valence-corrected chi connectivity index (χ4v) is 1.29. The second-order valence-electron chi connectivity index (χ2n) is 2.74. The number of hydrogen-bond acceptors (Lipinski definition) is 3. The van der Waals surface area contributed by atoms with Crippen LogP contribution >= 0.6 is 11.6 Å². The molecule has 1 rings (SSSR count). The van der Waals surface area contributed by atoms with Crippen molar-refractivity contribution in [2.45, 2.75) is 6.18 Å². The van der Waals surface area contributed by atoms with Gasteiger partial charge in [-0.1, -0.05) is 17.7 Å². The molecule has 0 heterocycles. The van der Waals surface area contributed by atoms with E-state index in [1.54, 1.807) is 0 Å². The van der Waals surface area contributed by atoms with Gasteiger partial charge in [-0.05, 0) is 6.07 Å². The molecule has 0 aliphatic rings. The standard InChI is InChI=1S/C7H5BClF3O3/c9-5-3(7(10,11)12)1-2-4(6(5)13)8(14)15/h1-2,13-15H. The summed E-state index contributed by atoms with van der Waals surface area (Å²) in [6.07, 6.45) is -4.70. The highest BCUT2D eigenvalue weighted by molar-refractivity contribution is 6.60. The Morgan fingerprint density at radius 1 is 1.20 bits per heavy atom. The molecule has 82 valence electrons. The van der Waals surface area contributed by atoms with Crippen LogP contribution in [0.15, 0.2) is 12.1 Å². The van der Waals surface area contributed by atoms with Gasteiger partial charge in [0.2, 0.25) is 0 Å². The summed E-state index contributed by atoms with van der Waals surface area (Å²) in [5, 5.41) is 25.6. The number of alkyl halides is 3. The van der Waals surface area contributed by atoms with Crippen LogP contribution in [0.5, 0.6) is 5.75 Å². The molecule has 3 nitrogen and oxygen atoms in total. The van der Waals surface area contributed by atoms with E-state index in [0.717, 1.165) is 6.07 Å². The van der Waals surface area contributed by atoms with Gasteiger partial charge >= 0.3 is 13.3 Å². The van der Waals surface area contributed by atoms with Crippen molar-refractivity contribution in [1.29, 1.82) is 0 Å². The summed E-state index contributed by atoms with van der Waals surface area (Å²) in [6, 6.07) is 1.31. The van der Waals surface area contributed by atoms with Crippen LogP contribution in [0.25, 0.3) is 0 Å². The van der Waals surface area contributed by atoms with E-state index in [-0.39, 0.29) is 0 Å². The fraction of sp³-hybridized carbons (Fsp3) is 0.143. The molecule has 0 unspecified atom stereocenters. The molecular formula is C7H5BClF3O3. The van der Waals surface area contributed by atoms with Gasteiger partial charge in [-0.3, -0.25) is 0 Å². The van der Waals surface area contributed by atoms with Crippen molar-refractivity contribution >= 4 is 24.2 Å². The molecule has 1 aromatic rings. The first-order chi connectivity index (χ1) is 6.75. The van der Waals surface area contributed by atoms with Crippen LogP contribution in [-0.2, 0) is 6.18 Å². The Balaban J connectivity index is 3.34. The minimum absolute atomic E-state index is 0.479. The molecule has 0 radical (unpaired) electrons. The third-order valence-corrected chi connectivity index (χ3v) is 2.11. The summed E-state index contributed by atoms with van der Waals surface area (Å²) in [5.41, 5.74) is -1.71. The van der Waals surface area contributed by atoms with Crippen molar-refractivity contribution in [2.75, 3.05) is 0 Å². The van der Waals surface area contributed by atoms with Gasteiger partial charge in [0.1, 0.15) is 5.75 Å². The molecule has 0 bridgehead atoms. The molecule has 3 N–H and O–H groups in total. The lowest BCUT2D eigenvalue weighted by molar-refractivity contribution is -0.137. The SMILES string of the molecule is OB(O)c1ccc(C(F)(F)F)c(Cl)c1O. The average molecular weight is 240 g/mol. The van der Waals surface area contributed by atoms with Crippen LogP contribution in [0.3, 0.4) is 0 Å². The highest BCUT2D eigenvalue weighted by Crippen LogP contribution is 2.37. The van der Waals surface area contributed by atoms with E-state index in [0.29, 0.717) is 6.07 Å². The van der Waals surface area contributed by atoms with Gasteiger partial charge in [-0.2, -0.15) is 13.2 Å². The molecule has 15 heavy (non-hydrogen) atoms. The topological polar surface area (TPSA) is 60.7 Å². The van der Waals surface area contributed by atoms with Crippen molar-refractivity contribution in [3.05, 3.63) is 22.7 Å². The average Bonchev–Trinajstić information content (AvgIpc) is 2.06. The highest BCUT2D eigenvalue weighted by Gasteiger charge is 2.35. The van der Waals surface area contributed by atoms with Crippen LogP contribution in [0, 0.1) is 0 Å². The lowest BCUT2D eigenvalue weighted by Crippen LogP contribution is -2.30. The molecular weight excluding hydrogens is 235 g/mol. The predicted octanol–water partition coefficient (Wildman–Crippen LogP) is 0.744. The summed E-state index contributed by atoms with van der Waals surface area (Å²) in [5.74, 6) is -0.985. The van der Waals surface area contributed by atoms with Crippen LogP contribution in [0.2, 0.25) is 5.02 Å². The zero-order chi connectivity index (χ0) is 11.8. The van der Waals surface area contributed by atoms with Gasteiger partial charge in [-0.25, -0.2) is 0 Å². The van der Waals surface area contributed by atoms with Crippen LogP contribution in [-0.4, -0.2) is 22.3 Å². The van der Waals surface area contributed by atoms with Gasteiger partial charge in [-0.15, -0.1) is 0 Å². The number of aromatic hydroxyl groups is 1. The third kappa shape index (κ3) is 2.36. The van der Waals surface area contributed by atoms with Gasteiger partial charge in [0.25, 0.3) is 0 Å². The lowest BCUT2D eigenvalue weighted by Gasteiger charge is -2.12. The minimum Gasteiger partial charge on any atom is -0.507 e. The predicted molar refractivity (Wildman–Crippen MR) is 47.9 cm³/mol. The lowest BCUT2D eigenvalue weighted by atomic mass is 9.79. The van der Waals surface area contributed by atoms with E-state index in [2.05, 4.69) is 0 Å². The number of rotatable bonds is 1. The largest absolute Gasteiger partial charge is 0.507 e. The third-order valence-electron chi connectivity index (χ3n) is 1.73. The fourth-order valence-electron chi connectivity index (χ4n) is 1.01. The minimum atomic E-state index is -4.70. The van der Waals surface area contributed by atoms with Gasteiger partial charge in [0.05, 0.1) is 10.6 Å². The summed E-state index contributed by atoms with van der Waals surface area (Å²) in [4.78, 5) is 0. The summed E-state index contributed by atoms with van der Waals surface area (Å²) >= 11 is 5.23. The smallest absolute Gasteiger partial charge is 0.492 e. The Kier molecular flexibility index (Phi) is 3.18. The van der Waals surface area contributed by atoms with Crippen LogP contribution in [0.1, 0.15) is 5.56 Å². The van der Waals surface area contributed by atoms with Crippen molar-refractivity contribution < 1.29 is 28.3 Å². The Morgan fingerprint density at radius 3 is 2.13 bits per heavy atom. The van der Waals surface area contributed by atoms with Crippen molar-refractivity contribution in [2.24, 2.45) is 0 Å². The zero-order valence-corrected chi connectivity index (χ0v) is 7.84. The Bertz CT molecular complexity index is 380. The molecule has 8 heteroatoms. The van der Waals surface area contributed by atoms with E-state index >= 15 is 0 Å². The van der Waals surface area contributed by atoms with Crippen LogP contribution < -0.4 is 5.46 Å². The van der Waals surface area contributed by atoms with Gasteiger partial charge < -0.3 is 15.2 Å². The molecule has 0 aromatic heterocycles. The van der Waals surface area contributed by atoms with Crippen molar-refractivity contribution in [1.82, 2.24) is 0 Å². The monoisotopic (exact) mass is 240 g/mol. The van der Waals surface area contributed by atoms with E-state index in [4.69, 9.17) is 26.8 Å². The number of benzene rings is 1. The maximum Gasteiger partial charge on any atom is 0.492 e. The van der Waals surface area contributed by atoms with E-state index < -0.39 is 35.1 Å². The van der Waals surface area contributed by atoms with Crippen molar-refractivity contribution in [3.63, 3.8) is 0 Å². The van der Waals surface area contributed by atoms with Crippen molar-refractivity contribution in [3.8, 4) is 5.75 Å². The van der Waals surface area contributed by atoms with Gasteiger partial charge in [0.15, 0.2) is 0 Å². The molecule has 0 spiro atoms. The second kappa shape index (κ2) is 3.92. The molecule has 1 aromatic carbocycles. The Hall–Kier alpha value is -0.915. The van der Waals surface area contributed by atoms with Crippen LogP contribution in [0.4, 0.5) is 13.2 Å². The maximum absolute atomic E-state index is 12.2. The number of phenols is 1. The summed E-state index contributed by atoms with van der Waals surface area (Å²) < 4.78 is 36.7. The van der Waals surface area contributed by atoms with E-state index in [1.165, 1.54) is 0 Å². The molecule has 0 fully saturated rings. The Labute approximate surface area is 87.9 Å². The summed E-state index contributed by atoms with van der Waals surface area (Å²) in [6.45, 7) is 0. The number of phenolic OH excluding ortho intramolecular Hbond substituents is 1. The van der Waals surface area contributed by atoms with E-state index in [1.807, 2.05) is 0 Å². The first-order valence-electron chi connectivity index (χ1n) is 3.70. The molecule has 0 atom stereocenters. The second-order valence-corrected chi connectivity index (χ2v) is 3.11. The molecule has 0 aliphatic heterocycles. The number of hydrogen-bond donors (Lipinski definition) is 3. The Morgan fingerprint density at radius 2 is 1.73 bits per heavy atom. The molecule has 0 saturated heterocycles. The molecule has 0 aliphatic carbocycles. The summed E-state index contributed by atoms with van der Waals surface area (Å²) in [7, 11) is -2.08. The van der Waals surface area contributed by atoms with Gasteiger partial charge in [0, 0.05) is 5.46 Å². The maximum atomic E-state index is 12.2. The zero-order valence-electron chi connectivity index (χ0n) is 7.09. The normalized spacial score (nSPS) is 11.6. The molecule has 0 saturated carbocycles.